The maximum absolute atomic E-state index is 12.1. The third-order valence-electron chi connectivity index (χ3n) is 4.49. The van der Waals surface area contributed by atoms with E-state index in [9.17, 15) is 30.7 Å². The second-order valence-corrected chi connectivity index (χ2v) is 10.4. The molecule has 0 bridgehead atoms. The first-order chi connectivity index (χ1) is 16.8. The Morgan fingerprint density at radius 3 is 2.22 bits per heavy atom. The normalized spacial score (nSPS) is 12.2. The quantitative estimate of drug-likeness (QED) is 0.0723. The summed E-state index contributed by atoms with van der Waals surface area (Å²) in [5.74, 6) is 0. The van der Waals surface area contributed by atoms with Crippen LogP contribution in [0, 0.1) is 0 Å². The number of benzene rings is 3. The predicted molar refractivity (Wildman–Crippen MR) is 128 cm³/mol. The zero-order chi connectivity index (χ0) is 26.7. The molecule has 192 valence electrons. The Morgan fingerprint density at radius 2 is 1.64 bits per heavy atom. The molecule has 0 unspecified atom stereocenters. The number of nitrogens with two attached hydrogens (primary N) is 1. The van der Waals surface area contributed by atoms with Crippen LogP contribution in [0.25, 0.3) is 10.8 Å². The van der Waals surface area contributed by atoms with Gasteiger partial charge in [-0.05, 0) is 47.9 Å². The first kappa shape index (κ1) is 27.2. The highest BCUT2D eigenvalue weighted by Crippen LogP contribution is 2.38. The highest BCUT2D eigenvalue weighted by molar-refractivity contribution is 7.94. The van der Waals surface area contributed by atoms with Gasteiger partial charge in [0, 0.05) is 23.0 Å². The molecule has 0 spiro atoms. The van der Waals surface area contributed by atoms with E-state index in [-0.39, 0.29) is 27.0 Å². The van der Waals surface area contributed by atoms with Crippen LogP contribution in [0.1, 0.15) is 0 Å². The van der Waals surface area contributed by atoms with Crippen LogP contribution in [-0.2, 0) is 29.6 Å². The molecule has 3 rings (SSSR count). The highest BCUT2D eigenvalue weighted by atomic mass is 32.2. The molecule has 0 aliphatic rings. The number of hydrogen-bond donors (Lipinski definition) is 6. The van der Waals surface area contributed by atoms with Crippen LogP contribution in [-0.4, -0.2) is 44.3 Å². The molecule has 15 nitrogen and oxygen atoms in total. The molecule has 0 atom stereocenters. The first-order valence-electron chi connectivity index (χ1n) is 9.35. The Labute approximate surface area is 207 Å². The van der Waals surface area contributed by atoms with Gasteiger partial charge in [0.05, 0.1) is 17.7 Å². The van der Waals surface area contributed by atoms with Gasteiger partial charge in [-0.3, -0.25) is 9.11 Å². The van der Waals surface area contributed by atoms with Gasteiger partial charge in [-0.2, -0.15) is 16.8 Å². The molecule has 3 aromatic rings. The van der Waals surface area contributed by atoms with Gasteiger partial charge in [0.1, 0.15) is 21.2 Å². The Kier molecular flexibility index (Phi) is 8.11. The number of anilines is 2. The number of amides is 2. The number of carbonyl (C=O) groups excluding carboxylic acids is 1. The molecule has 0 aliphatic heterocycles. The van der Waals surface area contributed by atoms with Crippen LogP contribution in [0.15, 0.2) is 67.4 Å². The van der Waals surface area contributed by atoms with Crippen molar-refractivity contribution in [3.8, 4) is 0 Å². The summed E-state index contributed by atoms with van der Waals surface area (Å²) < 4.78 is 71.8. The summed E-state index contributed by atoms with van der Waals surface area (Å²) in [5, 5.41) is 24.4. The molecule has 0 radical (unpaired) electrons. The standard InChI is InChI=1S/C18H17N5O10S3/c1-20-10-2-3-13(14(6-10)21-18(19)24)22-23-15-8-12-9(5-17(15)36(29,30)31)4-11(34-33-32-25)7-16(12)35(26,27)28/h2-8,20,25H,1H3,(H3,19,21,24)(H,26,27,28)(H,29,30,31). The number of nitrogens with one attached hydrogen (secondary N) is 2. The minimum absolute atomic E-state index is 0.0216. The van der Waals surface area contributed by atoms with Crippen molar-refractivity contribution < 1.29 is 45.4 Å². The van der Waals surface area contributed by atoms with Crippen LogP contribution in [0.3, 0.4) is 0 Å². The molecule has 7 N–H and O–H groups in total. The number of carbonyl (C=O) groups is 1. The summed E-state index contributed by atoms with van der Waals surface area (Å²) in [6, 6.07) is 7.60. The molecule has 0 saturated carbocycles. The average molecular weight is 560 g/mol. The average Bonchev–Trinajstić information content (AvgIpc) is 2.79. The predicted octanol–water partition coefficient (Wildman–Crippen LogP) is 3.71. The molecule has 18 heteroatoms. The van der Waals surface area contributed by atoms with Gasteiger partial charge >= 0.3 is 6.03 Å². The van der Waals surface area contributed by atoms with Crippen LogP contribution >= 0.6 is 12.0 Å². The maximum atomic E-state index is 12.1. The van der Waals surface area contributed by atoms with Crippen molar-refractivity contribution in [2.45, 2.75) is 14.7 Å². The summed E-state index contributed by atoms with van der Waals surface area (Å²) in [5.41, 5.74) is 5.40. The third kappa shape index (κ3) is 6.44. The van der Waals surface area contributed by atoms with E-state index in [1.165, 1.54) is 18.2 Å². The lowest BCUT2D eigenvalue weighted by Crippen LogP contribution is -2.19. The molecular formula is C18H17N5O10S3. The summed E-state index contributed by atoms with van der Waals surface area (Å²) in [7, 11) is -8.15. The van der Waals surface area contributed by atoms with Gasteiger partial charge in [-0.15, -0.1) is 14.6 Å². The highest BCUT2D eigenvalue weighted by Gasteiger charge is 2.22. The lowest BCUT2D eigenvalue weighted by molar-refractivity contribution is -0.432. The van der Waals surface area contributed by atoms with Crippen molar-refractivity contribution in [2.75, 3.05) is 17.7 Å². The summed E-state index contributed by atoms with van der Waals surface area (Å²) in [6.07, 6.45) is 0. The molecule has 0 fully saturated rings. The lowest BCUT2D eigenvalue weighted by atomic mass is 10.1. The molecule has 2 amide bonds. The number of urea groups is 1. The Balaban J connectivity index is 2.26. The van der Waals surface area contributed by atoms with Gasteiger partial charge < -0.3 is 16.4 Å². The van der Waals surface area contributed by atoms with Crippen LogP contribution < -0.4 is 16.4 Å². The Morgan fingerprint density at radius 1 is 0.972 bits per heavy atom. The zero-order valence-corrected chi connectivity index (χ0v) is 20.4. The third-order valence-corrected chi connectivity index (χ3v) is 6.83. The van der Waals surface area contributed by atoms with E-state index >= 15 is 0 Å². The van der Waals surface area contributed by atoms with E-state index in [1.807, 2.05) is 0 Å². The van der Waals surface area contributed by atoms with Crippen molar-refractivity contribution >= 4 is 71.8 Å². The van der Waals surface area contributed by atoms with Gasteiger partial charge in [0.15, 0.2) is 0 Å². The molecular weight excluding hydrogens is 542 g/mol. The van der Waals surface area contributed by atoms with Crippen molar-refractivity contribution in [1.29, 1.82) is 0 Å². The number of nitrogens with zero attached hydrogens (tertiary/aromatic N) is 2. The minimum Gasteiger partial charge on any atom is -0.388 e. The smallest absolute Gasteiger partial charge is 0.316 e. The van der Waals surface area contributed by atoms with Crippen LogP contribution in [0.4, 0.5) is 27.5 Å². The van der Waals surface area contributed by atoms with Crippen molar-refractivity contribution in [1.82, 2.24) is 0 Å². The number of hydrogen-bond acceptors (Lipinski definition) is 12. The first-order valence-corrected chi connectivity index (χ1v) is 13.0. The zero-order valence-electron chi connectivity index (χ0n) is 17.9. The van der Waals surface area contributed by atoms with Crippen LogP contribution in [0.2, 0.25) is 0 Å². The number of fused-ring (bicyclic) bond motifs is 1. The summed E-state index contributed by atoms with van der Waals surface area (Å²) >= 11 is 0.348. The number of azo groups is 1. The van der Waals surface area contributed by atoms with E-state index in [4.69, 9.17) is 11.0 Å². The fourth-order valence-electron chi connectivity index (χ4n) is 3.04. The number of rotatable bonds is 9. The molecule has 0 saturated heterocycles. The minimum atomic E-state index is -4.92. The molecule has 0 aromatic heterocycles. The lowest BCUT2D eigenvalue weighted by Gasteiger charge is -2.11. The van der Waals surface area contributed by atoms with E-state index in [2.05, 4.69) is 30.2 Å². The van der Waals surface area contributed by atoms with Crippen molar-refractivity contribution in [3.05, 3.63) is 42.5 Å². The molecule has 0 heterocycles. The number of primary amides is 1. The van der Waals surface area contributed by atoms with E-state index in [1.54, 1.807) is 13.1 Å². The Hall–Kier alpha value is -3.36. The molecule has 3 aromatic carbocycles. The topological polar surface area (TPSA) is 239 Å². The van der Waals surface area contributed by atoms with Crippen molar-refractivity contribution in [3.63, 3.8) is 0 Å². The summed E-state index contributed by atoms with van der Waals surface area (Å²) in [4.78, 5) is 9.90. The van der Waals surface area contributed by atoms with Gasteiger partial charge in [0.25, 0.3) is 20.2 Å². The second kappa shape index (κ2) is 10.7. The fourth-order valence-corrected chi connectivity index (χ4v) is 4.93. The summed E-state index contributed by atoms with van der Waals surface area (Å²) in [6.45, 7) is 0. The van der Waals surface area contributed by atoms with Gasteiger partial charge in [-0.1, -0.05) is 5.04 Å². The van der Waals surface area contributed by atoms with Gasteiger partial charge in [0.2, 0.25) is 0 Å². The van der Waals surface area contributed by atoms with E-state index in [0.29, 0.717) is 17.7 Å². The van der Waals surface area contributed by atoms with Gasteiger partial charge in [-0.25, -0.2) is 10.1 Å². The molecule has 36 heavy (non-hydrogen) atoms. The monoisotopic (exact) mass is 559 g/mol. The fraction of sp³-hybridized carbons (Fsp3) is 0.0556. The Bertz CT molecular complexity index is 1580. The molecule has 0 aliphatic carbocycles. The SMILES string of the molecule is CNc1ccc(N=Nc2cc3c(S(=O)(=O)O)cc(SOOO)cc3cc2S(=O)(=O)O)c(NC(N)=O)c1. The van der Waals surface area contributed by atoms with Crippen molar-refractivity contribution in [2.24, 2.45) is 16.0 Å². The second-order valence-electron chi connectivity index (χ2n) is 6.81. The maximum Gasteiger partial charge on any atom is 0.316 e. The largest absolute Gasteiger partial charge is 0.388 e. The van der Waals surface area contributed by atoms with E-state index in [0.717, 1.165) is 18.2 Å². The van der Waals surface area contributed by atoms with E-state index < -0.39 is 41.7 Å². The van der Waals surface area contributed by atoms with Crippen LogP contribution in [0.5, 0.6) is 0 Å².